The monoisotopic (exact) mass is 396 g/mol. The van der Waals surface area contributed by atoms with Crippen LogP contribution in [-0.4, -0.2) is 32.1 Å². The summed E-state index contributed by atoms with van der Waals surface area (Å²) in [4.78, 5) is 24.4. The Balaban J connectivity index is 1.67. The second-order valence-electron chi connectivity index (χ2n) is 7.26. The molecule has 0 aliphatic carbocycles. The van der Waals surface area contributed by atoms with E-state index >= 15 is 0 Å². The second-order valence-corrected chi connectivity index (χ2v) is 7.26. The topological polar surface area (TPSA) is 76.7 Å². The van der Waals surface area contributed by atoms with E-state index < -0.39 is 5.97 Å². The minimum Gasteiger partial charge on any atom is -0.487 e. The van der Waals surface area contributed by atoms with Gasteiger partial charge in [-0.15, -0.1) is 0 Å². The van der Waals surface area contributed by atoms with Gasteiger partial charge in [-0.2, -0.15) is 0 Å². The first kappa shape index (κ1) is 20.9. The zero-order chi connectivity index (χ0) is 20.5. The molecular weight excluding hydrogens is 368 g/mol. The van der Waals surface area contributed by atoms with Crippen molar-refractivity contribution >= 4 is 17.6 Å². The van der Waals surface area contributed by atoms with Crippen LogP contribution in [0.1, 0.15) is 41.6 Å². The van der Waals surface area contributed by atoms with E-state index in [9.17, 15) is 9.59 Å². The summed E-state index contributed by atoms with van der Waals surface area (Å²) >= 11 is 0. The lowest BCUT2D eigenvalue weighted by molar-refractivity contribution is -0.116. The molecule has 1 amide bonds. The lowest BCUT2D eigenvalue weighted by atomic mass is 9.93. The Labute approximate surface area is 171 Å². The van der Waals surface area contributed by atoms with E-state index in [2.05, 4.69) is 10.6 Å². The van der Waals surface area contributed by atoms with E-state index in [4.69, 9.17) is 9.47 Å². The number of amides is 1. The van der Waals surface area contributed by atoms with E-state index in [1.165, 1.54) is 7.11 Å². The van der Waals surface area contributed by atoms with Crippen LogP contribution < -0.4 is 15.4 Å². The third-order valence-corrected chi connectivity index (χ3v) is 5.15. The van der Waals surface area contributed by atoms with Gasteiger partial charge in [-0.05, 0) is 62.0 Å². The highest BCUT2D eigenvalue weighted by Gasteiger charge is 2.17. The van der Waals surface area contributed by atoms with Gasteiger partial charge in [0.05, 0.1) is 18.4 Å². The Morgan fingerprint density at radius 2 is 1.86 bits per heavy atom. The van der Waals surface area contributed by atoms with Gasteiger partial charge in [0, 0.05) is 6.42 Å². The molecule has 3 rings (SSSR count). The van der Waals surface area contributed by atoms with Crippen LogP contribution in [0.5, 0.6) is 5.75 Å². The number of methoxy groups -OCH3 is 1. The molecule has 29 heavy (non-hydrogen) atoms. The first-order valence-electron chi connectivity index (χ1n) is 10.1. The summed E-state index contributed by atoms with van der Waals surface area (Å²) in [6, 6.07) is 14.7. The molecule has 0 spiro atoms. The zero-order valence-corrected chi connectivity index (χ0v) is 16.8. The van der Waals surface area contributed by atoms with Gasteiger partial charge in [-0.3, -0.25) is 4.79 Å². The Morgan fingerprint density at radius 1 is 1.10 bits per heavy atom. The molecule has 0 aromatic heterocycles. The number of hydrogen-bond donors (Lipinski definition) is 2. The predicted octanol–water partition coefficient (Wildman–Crippen LogP) is 3.77. The number of piperidine rings is 1. The van der Waals surface area contributed by atoms with Gasteiger partial charge >= 0.3 is 5.97 Å². The maximum atomic E-state index is 12.5. The average molecular weight is 396 g/mol. The molecule has 6 nitrogen and oxygen atoms in total. The summed E-state index contributed by atoms with van der Waals surface area (Å²) in [6.07, 6.45) is 3.53. The van der Waals surface area contributed by atoms with Crippen molar-refractivity contribution in [3.05, 3.63) is 59.7 Å². The molecule has 1 aliphatic heterocycles. The average Bonchev–Trinajstić information content (AvgIpc) is 2.77. The van der Waals surface area contributed by atoms with Crippen LogP contribution in [0.25, 0.3) is 0 Å². The molecule has 2 aromatic carbocycles. The number of carbonyl (C=O) groups is 2. The number of carbonyl (C=O) groups excluding carboxylic acids is 2. The van der Waals surface area contributed by atoms with Crippen LogP contribution >= 0.6 is 0 Å². The fourth-order valence-electron chi connectivity index (χ4n) is 3.45. The van der Waals surface area contributed by atoms with Crippen LogP contribution in [0.4, 0.5) is 5.69 Å². The molecule has 0 radical (unpaired) electrons. The van der Waals surface area contributed by atoms with E-state index in [0.29, 0.717) is 35.9 Å². The molecule has 2 aromatic rings. The van der Waals surface area contributed by atoms with Crippen LogP contribution in [0.3, 0.4) is 0 Å². The Bertz CT molecular complexity index is 817. The van der Waals surface area contributed by atoms with Gasteiger partial charge in [0.2, 0.25) is 5.91 Å². The van der Waals surface area contributed by atoms with Crippen molar-refractivity contribution in [2.45, 2.75) is 32.3 Å². The molecule has 0 bridgehead atoms. The van der Waals surface area contributed by atoms with Crippen LogP contribution in [-0.2, 0) is 16.1 Å². The molecule has 2 N–H and O–H groups in total. The number of anilines is 1. The smallest absolute Gasteiger partial charge is 0.337 e. The summed E-state index contributed by atoms with van der Waals surface area (Å²) < 4.78 is 10.7. The minimum absolute atomic E-state index is 0.0740. The van der Waals surface area contributed by atoms with Gasteiger partial charge in [0.1, 0.15) is 12.4 Å². The van der Waals surface area contributed by atoms with E-state index in [1.807, 2.05) is 30.3 Å². The van der Waals surface area contributed by atoms with Crippen molar-refractivity contribution in [3.8, 4) is 5.75 Å². The van der Waals surface area contributed by atoms with Crippen LogP contribution in [0.15, 0.2) is 48.5 Å². The van der Waals surface area contributed by atoms with Gasteiger partial charge in [0.15, 0.2) is 0 Å². The van der Waals surface area contributed by atoms with E-state index in [1.54, 1.807) is 18.2 Å². The molecule has 1 fully saturated rings. The summed E-state index contributed by atoms with van der Waals surface area (Å²) in [5, 5.41) is 6.26. The number of benzene rings is 2. The Kier molecular flexibility index (Phi) is 7.64. The highest BCUT2D eigenvalue weighted by atomic mass is 16.5. The van der Waals surface area contributed by atoms with Crippen molar-refractivity contribution in [3.63, 3.8) is 0 Å². The van der Waals surface area contributed by atoms with Crippen molar-refractivity contribution in [2.75, 3.05) is 25.5 Å². The summed E-state index contributed by atoms with van der Waals surface area (Å²) in [5.74, 6) is 0.578. The van der Waals surface area contributed by atoms with Crippen molar-refractivity contribution in [2.24, 2.45) is 5.92 Å². The molecule has 1 saturated heterocycles. The lowest BCUT2D eigenvalue weighted by Gasteiger charge is -2.22. The standard InChI is InChI=1S/C23H28N2O4/c1-28-23(27)19-8-9-21(29-16-18-5-3-2-4-6-18)20(15-19)25-22(26)10-7-17-11-13-24-14-12-17/h2-6,8-9,15,17,24H,7,10-14,16H2,1H3,(H,25,26). The number of ether oxygens (including phenoxy) is 2. The number of hydrogen-bond acceptors (Lipinski definition) is 5. The highest BCUT2D eigenvalue weighted by Crippen LogP contribution is 2.28. The van der Waals surface area contributed by atoms with Crippen LogP contribution in [0.2, 0.25) is 0 Å². The molecule has 0 atom stereocenters. The number of nitrogens with one attached hydrogen (secondary N) is 2. The molecule has 1 heterocycles. The molecular formula is C23H28N2O4. The van der Waals surface area contributed by atoms with Crippen molar-refractivity contribution in [1.82, 2.24) is 5.32 Å². The summed E-state index contributed by atoms with van der Waals surface area (Å²) in [7, 11) is 1.33. The molecule has 0 unspecified atom stereocenters. The summed E-state index contributed by atoms with van der Waals surface area (Å²) in [5.41, 5.74) is 1.88. The van der Waals surface area contributed by atoms with Gasteiger partial charge in [-0.25, -0.2) is 4.79 Å². The Morgan fingerprint density at radius 3 is 2.59 bits per heavy atom. The molecule has 0 saturated carbocycles. The van der Waals surface area contributed by atoms with Gasteiger partial charge in [0.25, 0.3) is 0 Å². The van der Waals surface area contributed by atoms with Crippen molar-refractivity contribution < 1.29 is 19.1 Å². The maximum Gasteiger partial charge on any atom is 0.337 e. The number of esters is 1. The summed E-state index contributed by atoms with van der Waals surface area (Å²) in [6.45, 7) is 2.41. The number of rotatable bonds is 8. The fourth-order valence-corrected chi connectivity index (χ4v) is 3.45. The molecule has 6 heteroatoms. The maximum absolute atomic E-state index is 12.5. The lowest BCUT2D eigenvalue weighted by Crippen LogP contribution is -2.28. The first-order chi connectivity index (χ1) is 14.2. The zero-order valence-electron chi connectivity index (χ0n) is 16.8. The Hall–Kier alpha value is -2.86. The third kappa shape index (κ3) is 6.32. The molecule has 154 valence electrons. The third-order valence-electron chi connectivity index (χ3n) is 5.15. The SMILES string of the molecule is COC(=O)c1ccc(OCc2ccccc2)c(NC(=O)CCC2CCNCC2)c1. The van der Waals surface area contributed by atoms with Gasteiger partial charge < -0.3 is 20.1 Å². The minimum atomic E-state index is -0.454. The van der Waals surface area contributed by atoms with E-state index in [-0.39, 0.29) is 5.91 Å². The van der Waals surface area contributed by atoms with Crippen LogP contribution in [0, 0.1) is 5.92 Å². The van der Waals surface area contributed by atoms with E-state index in [0.717, 1.165) is 37.9 Å². The quantitative estimate of drug-likeness (QED) is 0.664. The second kappa shape index (κ2) is 10.6. The predicted molar refractivity (Wildman–Crippen MR) is 112 cm³/mol. The first-order valence-corrected chi connectivity index (χ1v) is 10.1. The largest absolute Gasteiger partial charge is 0.487 e. The fraction of sp³-hybridized carbons (Fsp3) is 0.391. The highest BCUT2D eigenvalue weighted by molar-refractivity contribution is 5.96. The normalized spacial score (nSPS) is 14.2. The van der Waals surface area contributed by atoms with Gasteiger partial charge in [-0.1, -0.05) is 30.3 Å². The molecule has 1 aliphatic rings. The van der Waals surface area contributed by atoms with Crippen molar-refractivity contribution in [1.29, 1.82) is 0 Å².